The lowest BCUT2D eigenvalue weighted by molar-refractivity contribution is -0.385. The topological polar surface area (TPSA) is 92.9 Å². The number of fused-ring (bicyclic) bond motifs is 1. The molecule has 2 fully saturated rings. The molecule has 0 spiro atoms. The number of carbonyl (C=O) groups excluding carboxylic acids is 2. The maximum absolute atomic E-state index is 12.6. The smallest absolute Gasteiger partial charge is 0.272 e. The molecule has 1 aliphatic heterocycles. The SMILES string of the molecule is Cc1ccc(/C=N/N2C(=O)C3C4C=CC(CC4)C3C2=O)cc1[N+](=O)[O-]. The minimum absolute atomic E-state index is 0.0149. The Labute approximate surface area is 144 Å². The molecule has 0 radical (unpaired) electrons. The molecule has 4 aliphatic rings. The summed E-state index contributed by atoms with van der Waals surface area (Å²) in [4.78, 5) is 35.8. The number of imide groups is 1. The minimum Gasteiger partial charge on any atom is -0.272 e. The van der Waals surface area contributed by atoms with Crippen molar-refractivity contribution < 1.29 is 14.5 Å². The molecule has 25 heavy (non-hydrogen) atoms. The summed E-state index contributed by atoms with van der Waals surface area (Å²) in [7, 11) is 0. The number of nitro groups is 1. The van der Waals surface area contributed by atoms with Crippen LogP contribution in [0, 0.1) is 40.7 Å². The molecule has 2 amide bonds. The molecule has 7 heteroatoms. The van der Waals surface area contributed by atoms with E-state index in [0.717, 1.165) is 17.9 Å². The van der Waals surface area contributed by atoms with E-state index in [0.29, 0.717) is 11.1 Å². The van der Waals surface area contributed by atoms with E-state index in [2.05, 4.69) is 17.3 Å². The highest BCUT2D eigenvalue weighted by Crippen LogP contribution is 2.49. The number of hydrogen-bond acceptors (Lipinski definition) is 5. The van der Waals surface area contributed by atoms with Gasteiger partial charge in [-0.1, -0.05) is 24.3 Å². The van der Waals surface area contributed by atoms with Gasteiger partial charge >= 0.3 is 0 Å². The van der Waals surface area contributed by atoms with Gasteiger partial charge in [0, 0.05) is 17.2 Å². The molecule has 0 N–H and O–H groups in total. The van der Waals surface area contributed by atoms with Crippen LogP contribution < -0.4 is 0 Å². The molecule has 1 aromatic rings. The van der Waals surface area contributed by atoms with Crippen molar-refractivity contribution in [2.75, 3.05) is 0 Å². The number of nitro benzene ring substituents is 1. The van der Waals surface area contributed by atoms with Crippen molar-refractivity contribution in [3.8, 4) is 0 Å². The Bertz CT molecular complexity index is 813. The maximum Gasteiger partial charge on any atom is 0.272 e. The lowest BCUT2D eigenvalue weighted by Gasteiger charge is -2.37. The average Bonchev–Trinajstić information content (AvgIpc) is 2.88. The summed E-state index contributed by atoms with van der Waals surface area (Å²) < 4.78 is 0. The third-order valence-electron chi connectivity index (χ3n) is 5.49. The van der Waals surface area contributed by atoms with E-state index in [1.807, 2.05) is 0 Å². The van der Waals surface area contributed by atoms with Crippen LogP contribution in [0.5, 0.6) is 0 Å². The van der Waals surface area contributed by atoms with Crippen LogP contribution in [0.25, 0.3) is 0 Å². The number of amides is 2. The van der Waals surface area contributed by atoms with Crippen molar-refractivity contribution in [1.29, 1.82) is 0 Å². The number of hydrogen-bond donors (Lipinski definition) is 0. The van der Waals surface area contributed by atoms with Gasteiger partial charge in [0.15, 0.2) is 0 Å². The van der Waals surface area contributed by atoms with Crippen LogP contribution in [-0.2, 0) is 9.59 Å². The predicted octanol–water partition coefficient (Wildman–Crippen LogP) is 2.43. The molecular formula is C18H17N3O4. The number of rotatable bonds is 3. The number of benzene rings is 1. The van der Waals surface area contributed by atoms with E-state index in [-0.39, 0.29) is 41.2 Å². The summed E-state index contributed by atoms with van der Waals surface area (Å²) >= 11 is 0. The molecule has 1 saturated heterocycles. The zero-order chi connectivity index (χ0) is 17.7. The fourth-order valence-electron chi connectivity index (χ4n) is 4.20. The third kappa shape index (κ3) is 2.38. The molecule has 1 aromatic carbocycles. The molecule has 1 heterocycles. The quantitative estimate of drug-likeness (QED) is 0.278. The van der Waals surface area contributed by atoms with E-state index in [9.17, 15) is 19.7 Å². The summed E-state index contributed by atoms with van der Waals surface area (Å²) in [5.74, 6) is -0.889. The molecule has 0 aromatic heterocycles. The normalized spacial score (nSPS) is 30.4. The van der Waals surface area contributed by atoms with Gasteiger partial charge in [-0.3, -0.25) is 19.7 Å². The minimum atomic E-state index is -0.462. The first-order valence-corrected chi connectivity index (χ1v) is 8.32. The van der Waals surface area contributed by atoms with Crippen molar-refractivity contribution >= 4 is 23.7 Å². The molecular weight excluding hydrogens is 322 g/mol. The highest BCUT2D eigenvalue weighted by atomic mass is 16.6. The second-order valence-electron chi connectivity index (χ2n) is 6.88. The Balaban J connectivity index is 1.60. The fourth-order valence-corrected chi connectivity index (χ4v) is 4.20. The van der Waals surface area contributed by atoms with E-state index in [1.54, 1.807) is 19.1 Å². The molecule has 4 unspecified atom stereocenters. The highest BCUT2D eigenvalue weighted by molar-refractivity contribution is 6.06. The van der Waals surface area contributed by atoms with Crippen LogP contribution in [0.4, 0.5) is 5.69 Å². The lowest BCUT2D eigenvalue weighted by atomic mass is 9.63. The summed E-state index contributed by atoms with van der Waals surface area (Å²) in [6.07, 6.45) is 7.31. The van der Waals surface area contributed by atoms with Crippen molar-refractivity contribution in [1.82, 2.24) is 5.01 Å². The first kappa shape index (κ1) is 15.7. The van der Waals surface area contributed by atoms with E-state index in [4.69, 9.17) is 0 Å². The van der Waals surface area contributed by atoms with Crippen molar-refractivity contribution in [3.63, 3.8) is 0 Å². The van der Waals surface area contributed by atoms with E-state index < -0.39 is 4.92 Å². The number of aryl methyl sites for hydroxylation is 1. The first-order chi connectivity index (χ1) is 12.0. The van der Waals surface area contributed by atoms with Crippen LogP contribution in [0.3, 0.4) is 0 Å². The van der Waals surface area contributed by atoms with Crippen LogP contribution in [0.15, 0.2) is 35.5 Å². The third-order valence-corrected chi connectivity index (χ3v) is 5.49. The summed E-state index contributed by atoms with van der Waals surface area (Å²) in [5.41, 5.74) is 1.01. The van der Waals surface area contributed by atoms with Crippen molar-refractivity contribution in [2.45, 2.75) is 19.8 Å². The Morgan fingerprint density at radius 3 is 2.28 bits per heavy atom. The van der Waals surface area contributed by atoms with Gasteiger partial charge in [0.2, 0.25) is 0 Å². The molecule has 4 atom stereocenters. The molecule has 5 rings (SSSR count). The Morgan fingerprint density at radius 2 is 1.76 bits per heavy atom. The lowest BCUT2D eigenvalue weighted by Crippen LogP contribution is -2.38. The molecule has 2 bridgehead atoms. The van der Waals surface area contributed by atoms with Gasteiger partial charge in [-0.05, 0) is 31.6 Å². The molecule has 128 valence electrons. The Hall–Kier alpha value is -2.83. The van der Waals surface area contributed by atoms with Crippen LogP contribution in [-0.4, -0.2) is 28.0 Å². The maximum atomic E-state index is 12.6. The monoisotopic (exact) mass is 339 g/mol. The van der Waals surface area contributed by atoms with Gasteiger partial charge in [0.05, 0.1) is 23.0 Å². The van der Waals surface area contributed by atoms with Gasteiger partial charge in [-0.2, -0.15) is 10.1 Å². The Kier molecular flexibility index (Phi) is 3.52. The van der Waals surface area contributed by atoms with Crippen LogP contribution in [0.1, 0.15) is 24.0 Å². The number of allylic oxidation sites excluding steroid dienone is 2. The predicted molar refractivity (Wildman–Crippen MR) is 89.6 cm³/mol. The van der Waals surface area contributed by atoms with Gasteiger partial charge < -0.3 is 0 Å². The Morgan fingerprint density at radius 1 is 1.16 bits per heavy atom. The van der Waals surface area contributed by atoms with Gasteiger partial charge in [0.25, 0.3) is 17.5 Å². The number of hydrazone groups is 1. The zero-order valence-corrected chi connectivity index (χ0v) is 13.7. The van der Waals surface area contributed by atoms with Crippen molar-refractivity contribution in [2.24, 2.45) is 28.8 Å². The molecule has 7 nitrogen and oxygen atoms in total. The number of carbonyl (C=O) groups is 2. The molecule has 3 aliphatic carbocycles. The van der Waals surface area contributed by atoms with Gasteiger partial charge in [-0.25, -0.2) is 0 Å². The zero-order valence-electron chi connectivity index (χ0n) is 13.7. The second kappa shape index (κ2) is 5.61. The highest BCUT2D eigenvalue weighted by Gasteiger charge is 2.56. The van der Waals surface area contributed by atoms with Crippen LogP contribution >= 0.6 is 0 Å². The van der Waals surface area contributed by atoms with E-state index in [1.165, 1.54) is 12.3 Å². The van der Waals surface area contributed by atoms with Gasteiger partial charge in [0.1, 0.15) is 0 Å². The largest absolute Gasteiger partial charge is 0.272 e. The summed E-state index contributed by atoms with van der Waals surface area (Å²) in [6, 6.07) is 4.69. The van der Waals surface area contributed by atoms with Crippen LogP contribution in [0.2, 0.25) is 0 Å². The van der Waals surface area contributed by atoms with Gasteiger partial charge in [-0.15, -0.1) is 0 Å². The average molecular weight is 339 g/mol. The summed E-state index contributed by atoms with van der Waals surface area (Å²) in [6.45, 7) is 1.65. The van der Waals surface area contributed by atoms with Crippen molar-refractivity contribution in [3.05, 3.63) is 51.6 Å². The second-order valence-corrected chi connectivity index (χ2v) is 6.88. The fraction of sp³-hybridized carbons (Fsp3) is 0.389. The first-order valence-electron chi connectivity index (χ1n) is 8.32. The number of nitrogens with zero attached hydrogens (tertiary/aromatic N) is 3. The standard InChI is InChI=1S/C18H17N3O4/c1-10-2-3-11(8-14(10)21(24)25)9-19-20-17(22)15-12-4-5-13(7-6-12)16(15)18(20)23/h2-5,8-9,12-13,15-16H,6-7H2,1H3/b19-9+. The molecule has 1 saturated carbocycles. The summed E-state index contributed by atoms with van der Waals surface area (Å²) in [5, 5.41) is 16.0. The van der Waals surface area contributed by atoms with E-state index >= 15 is 0 Å².